The monoisotopic (exact) mass is 178 g/mol. The lowest BCUT2D eigenvalue weighted by Gasteiger charge is -2.23. The molecule has 0 radical (unpaired) electrons. The first-order valence-electron chi connectivity index (χ1n) is 4.28. The average Bonchev–Trinajstić information content (AvgIpc) is 2.57. The van der Waals surface area contributed by atoms with Gasteiger partial charge in [-0.25, -0.2) is 4.90 Å². The van der Waals surface area contributed by atoms with Crippen LogP contribution in [0.4, 0.5) is 5.82 Å². The maximum atomic E-state index is 11.4. The molecule has 1 N–H and O–H groups in total. The minimum Gasteiger partial charge on any atom is -0.348 e. The number of anilines is 1. The van der Waals surface area contributed by atoms with Gasteiger partial charge in [-0.2, -0.15) is 0 Å². The summed E-state index contributed by atoms with van der Waals surface area (Å²) in [4.78, 5) is 26.9. The molecular formula is C9H10N2O2. The summed E-state index contributed by atoms with van der Waals surface area (Å²) < 4.78 is 0. The van der Waals surface area contributed by atoms with Crippen molar-refractivity contribution >= 4 is 17.6 Å². The van der Waals surface area contributed by atoms with E-state index in [1.807, 2.05) is 0 Å². The SMILES string of the molecule is O=C1CCCC(=O)N1c1ccc[nH]1. The Kier molecular flexibility index (Phi) is 1.88. The Morgan fingerprint density at radius 2 is 1.92 bits per heavy atom. The van der Waals surface area contributed by atoms with Gasteiger partial charge in [-0.05, 0) is 18.6 Å². The first kappa shape index (κ1) is 8.04. The van der Waals surface area contributed by atoms with Gasteiger partial charge in [0.15, 0.2) is 0 Å². The molecule has 0 aromatic carbocycles. The molecule has 0 aliphatic carbocycles. The summed E-state index contributed by atoms with van der Waals surface area (Å²) in [6.07, 6.45) is 3.30. The van der Waals surface area contributed by atoms with Gasteiger partial charge in [0.1, 0.15) is 5.82 Å². The van der Waals surface area contributed by atoms with Crippen LogP contribution < -0.4 is 4.90 Å². The second-order valence-corrected chi connectivity index (χ2v) is 3.03. The summed E-state index contributed by atoms with van der Waals surface area (Å²) >= 11 is 0. The van der Waals surface area contributed by atoms with Crippen LogP contribution in [0.3, 0.4) is 0 Å². The maximum absolute atomic E-state index is 11.4. The van der Waals surface area contributed by atoms with E-state index < -0.39 is 0 Å². The van der Waals surface area contributed by atoms with Gasteiger partial charge in [0, 0.05) is 19.0 Å². The Labute approximate surface area is 75.5 Å². The number of amides is 2. The minimum absolute atomic E-state index is 0.112. The van der Waals surface area contributed by atoms with E-state index in [1.54, 1.807) is 18.3 Å². The number of aromatic amines is 1. The Balaban J connectivity index is 2.29. The molecule has 1 aliphatic rings. The van der Waals surface area contributed by atoms with Gasteiger partial charge in [0.25, 0.3) is 0 Å². The fourth-order valence-corrected chi connectivity index (χ4v) is 1.48. The summed E-state index contributed by atoms with van der Waals surface area (Å²) in [5.74, 6) is 0.354. The molecule has 2 rings (SSSR count). The van der Waals surface area contributed by atoms with Crippen LogP contribution in [0.2, 0.25) is 0 Å². The Bertz CT molecular complexity index is 313. The Morgan fingerprint density at radius 3 is 2.46 bits per heavy atom. The largest absolute Gasteiger partial charge is 0.348 e. The number of piperidine rings is 1. The first-order chi connectivity index (χ1) is 6.29. The number of carbonyl (C=O) groups is 2. The molecule has 0 atom stereocenters. The van der Waals surface area contributed by atoms with Crippen LogP contribution in [-0.4, -0.2) is 16.8 Å². The third-order valence-electron chi connectivity index (χ3n) is 2.10. The zero-order valence-corrected chi connectivity index (χ0v) is 7.12. The number of hydrogen-bond donors (Lipinski definition) is 1. The number of rotatable bonds is 1. The van der Waals surface area contributed by atoms with E-state index in [4.69, 9.17) is 0 Å². The topological polar surface area (TPSA) is 53.2 Å². The lowest BCUT2D eigenvalue weighted by atomic mass is 10.1. The highest BCUT2D eigenvalue weighted by molar-refractivity contribution is 6.15. The summed E-state index contributed by atoms with van der Waals surface area (Å²) in [5, 5.41) is 0. The molecule has 0 spiro atoms. The average molecular weight is 178 g/mol. The van der Waals surface area contributed by atoms with E-state index >= 15 is 0 Å². The van der Waals surface area contributed by atoms with Crippen molar-refractivity contribution in [3.8, 4) is 0 Å². The van der Waals surface area contributed by atoms with Crippen LogP contribution in [0.25, 0.3) is 0 Å². The smallest absolute Gasteiger partial charge is 0.234 e. The molecular weight excluding hydrogens is 168 g/mol. The summed E-state index contributed by atoms with van der Waals surface area (Å²) in [7, 11) is 0. The highest BCUT2D eigenvalue weighted by atomic mass is 16.2. The molecule has 1 aliphatic heterocycles. The van der Waals surface area contributed by atoms with Crippen LogP contribution >= 0.6 is 0 Å². The van der Waals surface area contributed by atoms with E-state index in [1.165, 1.54) is 4.90 Å². The van der Waals surface area contributed by atoms with E-state index in [-0.39, 0.29) is 11.8 Å². The molecule has 2 heterocycles. The molecule has 1 aromatic heterocycles. The van der Waals surface area contributed by atoms with E-state index in [9.17, 15) is 9.59 Å². The lowest BCUT2D eigenvalue weighted by Crippen LogP contribution is -2.40. The maximum Gasteiger partial charge on any atom is 0.234 e. The highest BCUT2D eigenvalue weighted by Gasteiger charge is 2.27. The number of imide groups is 1. The van der Waals surface area contributed by atoms with Gasteiger partial charge in [-0.1, -0.05) is 0 Å². The molecule has 0 bridgehead atoms. The van der Waals surface area contributed by atoms with Crippen molar-refractivity contribution < 1.29 is 9.59 Å². The third kappa shape index (κ3) is 1.35. The molecule has 1 saturated heterocycles. The lowest BCUT2D eigenvalue weighted by molar-refractivity contribution is -0.129. The van der Waals surface area contributed by atoms with Crippen molar-refractivity contribution in [2.45, 2.75) is 19.3 Å². The van der Waals surface area contributed by atoms with Gasteiger partial charge >= 0.3 is 0 Å². The molecule has 2 amide bonds. The first-order valence-corrected chi connectivity index (χ1v) is 4.28. The number of nitrogens with zero attached hydrogens (tertiary/aromatic N) is 1. The van der Waals surface area contributed by atoms with Crippen LogP contribution in [0.5, 0.6) is 0 Å². The minimum atomic E-state index is -0.112. The third-order valence-corrected chi connectivity index (χ3v) is 2.10. The predicted molar refractivity (Wildman–Crippen MR) is 47.1 cm³/mol. The second-order valence-electron chi connectivity index (χ2n) is 3.03. The molecule has 4 heteroatoms. The van der Waals surface area contributed by atoms with Gasteiger partial charge in [-0.15, -0.1) is 0 Å². The van der Waals surface area contributed by atoms with Crippen LogP contribution in [-0.2, 0) is 9.59 Å². The molecule has 0 saturated carbocycles. The number of hydrogen-bond acceptors (Lipinski definition) is 2. The number of aromatic nitrogens is 1. The molecule has 1 fully saturated rings. The van der Waals surface area contributed by atoms with E-state index in [2.05, 4.69) is 4.98 Å². The normalized spacial score (nSPS) is 18.0. The number of H-pyrrole nitrogens is 1. The van der Waals surface area contributed by atoms with Crippen LogP contribution in [0.15, 0.2) is 18.3 Å². The zero-order valence-electron chi connectivity index (χ0n) is 7.12. The summed E-state index contributed by atoms with van der Waals surface area (Å²) in [6, 6.07) is 3.49. The van der Waals surface area contributed by atoms with Crippen molar-refractivity contribution in [1.82, 2.24) is 4.98 Å². The van der Waals surface area contributed by atoms with Gasteiger partial charge in [0.05, 0.1) is 0 Å². The van der Waals surface area contributed by atoms with Gasteiger partial charge < -0.3 is 4.98 Å². The molecule has 1 aromatic rings. The fourth-order valence-electron chi connectivity index (χ4n) is 1.48. The molecule has 4 nitrogen and oxygen atoms in total. The molecule has 68 valence electrons. The standard InChI is InChI=1S/C9H10N2O2/c12-8-4-1-5-9(13)11(8)7-3-2-6-10-7/h2-3,6,10H,1,4-5H2. The van der Waals surface area contributed by atoms with Crippen molar-refractivity contribution in [1.29, 1.82) is 0 Å². The molecule has 13 heavy (non-hydrogen) atoms. The predicted octanol–water partition coefficient (Wildman–Crippen LogP) is 1.06. The van der Waals surface area contributed by atoms with Crippen molar-refractivity contribution in [3.05, 3.63) is 18.3 Å². The van der Waals surface area contributed by atoms with Crippen molar-refractivity contribution in [2.24, 2.45) is 0 Å². The summed E-state index contributed by atoms with van der Waals surface area (Å²) in [5.41, 5.74) is 0. The van der Waals surface area contributed by atoms with E-state index in [0.717, 1.165) is 0 Å². The van der Waals surface area contributed by atoms with E-state index in [0.29, 0.717) is 25.1 Å². The van der Waals surface area contributed by atoms with Crippen LogP contribution in [0.1, 0.15) is 19.3 Å². The Hall–Kier alpha value is -1.58. The highest BCUT2D eigenvalue weighted by Crippen LogP contribution is 2.19. The zero-order chi connectivity index (χ0) is 9.26. The van der Waals surface area contributed by atoms with Gasteiger partial charge in [0.2, 0.25) is 11.8 Å². The second kappa shape index (κ2) is 3.05. The van der Waals surface area contributed by atoms with Gasteiger partial charge in [-0.3, -0.25) is 9.59 Å². The van der Waals surface area contributed by atoms with Crippen molar-refractivity contribution in [2.75, 3.05) is 4.90 Å². The summed E-state index contributed by atoms with van der Waals surface area (Å²) in [6.45, 7) is 0. The van der Waals surface area contributed by atoms with Crippen molar-refractivity contribution in [3.63, 3.8) is 0 Å². The van der Waals surface area contributed by atoms with Crippen LogP contribution in [0, 0.1) is 0 Å². The number of carbonyl (C=O) groups excluding carboxylic acids is 2. The molecule has 0 unspecified atom stereocenters. The fraction of sp³-hybridized carbons (Fsp3) is 0.333. The Morgan fingerprint density at radius 1 is 1.23 bits per heavy atom. The quantitative estimate of drug-likeness (QED) is 0.653. The number of nitrogens with one attached hydrogen (secondary N) is 1.